The van der Waals surface area contributed by atoms with Crippen molar-refractivity contribution < 1.29 is 38.0 Å². The van der Waals surface area contributed by atoms with E-state index in [2.05, 4.69) is 0 Å². The highest BCUT2D eigenvalue weighted by Crippen LogP contribution is 2.42. The fourth-order valence-corrected chi connectivity index (χ4v) is 3.31. The highest BCUT2D eigenvalue weighted by atomic mass is 32.2. The lowest BCUT2D eigenvalue weighted by atomic mass is 9.95. The summed E-state index contributed by atoms with van der Waals surface area (Å²) in [5.74, 6) is 0.0666. The number of hydrogen-bond acceptors (Lipinski definition) is 8. The number of carbonyl (C=O) groups excluding carboxylic acids is 1. The van der Waals surface area contributed by atoms with Gasteiger partial charge >= 0.3 is 0 Å². The van der Waals surface area contributed by atoms with Gasteiger partial charge in [-0.25, -0.2) is 0 Å². The van der Waals surface area contributed by atoms with Crippen molar-refractivity contribution in [3.63, 3.8) is 0 Å². The molecule has 28 heavy (non-hydrogen) atoms. The number of phenolic OH excluding ortho intramolecular Hbond substituents is 2. The van der Waals surface area contributed by atoms with E-state index >= 15 is 0 Å². The normalized spacial score (nSPS) is 16.8. The molecular formula is C19H19O8S-. The van der Waals surface area contributed by atoms with E-state index in [4.69, 9.17) is 14.2 Å². The molecule has 8 nitrogen and oxygen atoms in total. The molecule has 0 amide bonds. The van der Waals surface area contributed by atoms with Gasteiger partial charge in [-0.1, -0.05) is 17.1 Å². The van der Waals surface area contributed by atoms with E-state index in [0.717, 1.165) is 0 Å². The molecule has 1 heterocycles. The molecule has 2 N–H and O–H groups in total. The quantitative estimate of drug-likeness (QED) is 0.530. The Morgan fingerprint density at radius 2 is 2.04 bits per heavy atom. The highest BCUT2D eigenvalue weighted by molar-refractivity contribution is 7.79. The average molecular weight is 407 g/mol. The Morgan fingerprint density at radius 3 is 2.71 bits per heavy atom. The number of rotatable bonds is 7. The summed E-state index contributed by atoms with van der Waals surface area (Å²) >= 11 is -2.14. The summed E-state index contributed by atoms with van der Waals surface area (Å²) in [5.41, 5.74) is 0.656. The van der Waals surface area contributed by atoms with Crippen molar-refractivity contribution in [2.45, 2.75) is 18.9 Å². The zero-order valence-electron chi connectivity index (χ0n) is 15.0. The topological polar surface area (TPSA) is 125 Å². The Hall–Kier alpha value is -2.78. The van der Waals surface area contributed by atoms with Gasteiger partial charge in [0, 0.05) is 17.9 Å². The summed E-state index contributed by atoms with van der Waals surface area (Å²) in [6, 6.07) is 7.51. The second-order valence-corrected chi connectivity index (χ2v) is 7.21. The van der Waals surface area contributed by atoms with Crippen LogP contribution < -0.4 is 14.2 Å². The average Bonchev–Trinajstić information content (AvgIpc) is 2.64. The van der Waals surface area contributed by atoms with Crippen LogP contribution in [-0.4, -0.2) is 44.2 Å². The fraction of sp³-hybridized carbons (Fsp3) is 0.316. The van der Waals surface area contributed by atoms with Crippen LogP contribution in [0.2, 0.25) is 0 Å². The van der Waals surface area contributed by atoms with Crippen molar-refractivity contribution in [3.8, 4) is 28.7 Å². The molecule has 9 heteroatoms. The number of hydrogen-bond donors (Lipinski definition) is 2. The van der Waals surface area contributed by atoms with Crippen LogP contribution in [0.1, 0.15) is 34.9 Å². The molecule has 0 aromatic heterocycles. The third-order valence-corrected chi connectivity index (χ3v) is 4.89. The fourth-order valence-electron chi connectivity index (χ4n) is 2.96. The van der Waals surface area contributed by atoms with Gasteiger partial charge in [0.1, 0.15) is 28.9 Å². The monoisotopic (exact) mass is 407 g/mol. The molecule has 2 aromatic carbocycles. The van der Waals surface area contributed by atoms with Gasteiger partial charge in [-0.3, -0.25) is 9.00 Å². The van der Waals surface area contributed by atoms with E-state index in [1.54, 1.807) is 12.1 Å². The van der Waals surface area contributed by atoms with Gasteiger partial charge in [0.05, 0.1) is 20.1 Å². The third-order valence-electron chi connectivity index (χ3n) is 4.27. The lowest BCUT2D eigenvalue weighted by Gasteiger charge is -2.26. The van der Waals surface area contributed by atoms with Gasteiger partial charge in [-0.15, -0.1) is 0 Å². The predicted molar refractivity (Wildman–Crippen MR) is 99.0 cm³/mol. The number of carbonyl (C=O) groups is 1. The Labute approximate surface area is 164 Å². The lowest BCUT2D eigenvalue weighted by molar-refractivity contribution is 0.0844. The summed E-state index contributed by atoms with van der Waals surface area (Å²) in [4.78, 5) is 12.5. The Bertz CT molecular complexity index is 911. The van der Waals surface area contributed by atoms with Crippen LogP contribution in [0.15, 0.2) is 30.3 Å². The molecule has 0 spiro atoms. The molecule has 2 unspecified atom stereocenters. The van der Waals surface area contributed by atoms with Gasteiger partial charge in [-0.05, 0) is 24.1 Å². The van der Waals surface area contributed by atoms with Crippen LogP contribution in [0, 0.1) is 0 Å². The van der Waals surface area contributed by atoms with Gasteiger partial charge < -0.3 is 29.0 Å². The number of aromatic hydroxyl groups is 2. The van der Waals surface area contributed by atoms with Crippen LogP contribution in [0.25, 0.3) is 0 Å². The smallest absolute Gasteiger partial charge is 0.174 e. The molecule has 1 aliphatic rings. The molecule has 0 fully saturated rings. The van der Waals surface area contributed by atoms with E-state index in [-0.39, 0.29) is 53.1 Å². The first-order valence-corrected chi connectivity index (χ1v) is 9.76. The molecule has 0 aliphatic carbocycles. The first kappa shape index (κ1) is 20.0. The molecular weight excluding hydrogens is 388 g/mol. The van der Waals surface area contributed by atoms with Crippen molar-refractivity contribution in [1.29, 1.82) is 0 Å². The molecule has 2 atom stereocenters. The molecule has 1 aliphatic heterocycles. The standard InChI is InChI=1S/C19H20O8S/c1-25-16-4-3-11(7-13(16)20)17-10-15(22)19-14(21)8-12(9-18(19)27-17)26-5-2-6-28(23)24/h3-4,7-9,17,20-21H,2,5-6,10H2,1H3,(H,23,24)/p-1. The Balaban J connectivity index is 1.81. The molecule has 0 saturated heterocycles. The summed E-state index contributed by atoms with van der Waals surface area (Å²) in [7, 11) is 1.44. The lowest BCUT2D eigenvalue weighted by Crippen LogP contribution is -2.20. The first-order valence-electron chi connectivity index (χ1n) is 8.51. The second-order valence-electron chi connectivity index (χ2n) is 6.19. The maximum absolute atomic E-state index is 12.5. The van der Waals surface area contributed by atoms with Crippen molar-refractivity contribution in [2.75, 3.05) is 19.5 Å². The number of Topliss-reactive ketones (excluding diaryl/α,β-unsaturated/α-hetero) is 1. The number of phenols is 2. The van der Waals surface area contributed by atoms with E-state index in [1.165, 1.54) is 25.3 Å². The van der Waals surface area contributed by atoms with E-state index in [0.29, 0.717) is 17.7 Å². The van der Waals surface area contributed by atoms with Gasteiger partial charge in [0.2, 0.25) is 0 Å². The van der Waals surface area contributed by atoms with Crippen molar-refractivity contribution >= 4 is 16.9 Å². The Kier molecular flexibility index (Phi) is 6.05. The number of methoxy groups -OCH3 is 1. The SMILES string of the molecule is COc1ccc(C2CC(=O)c3c(O)cc(OCCCS(=O)[O-])cc3O2)cc1O. The highest BCUT2D eigenvalue weighted by Gasteiger charge is 2.31. The van der Waals surface area contributed by atoms with Crippen LogP contribution in [0.3, 0.4) is 0 Å². The predicted octanol–water partition coefficient (Wildman–Crippen LogP) is 2.46. The molecule has 0 radical (unpaired) electrons. The number of benzene rings is 2. The van der Waals surface area contributed by atoms with E-state index in [9.17, 15) is 23.8 Å². The minimum Gasteiger partial charge on any atom is -0.772 e. The van der Waals surface area contributed by atoms with Crippen molar-refractivity contribution in [2.24, 2.45) is 0 Å². The number of ether oxygens (including phenoxy) is 3. The first-order chi connectivity index (χ1) is 13.4. The van der Waals surface area contributed by atoms with Gasteiger partial charge in [0.25, 0.3) is 0 Å². The molecule has 150 valence electrons. The zero-order chi connectivity index (χ0) is 20.3. The van der Waals surface area contributed by atoms with Gasteiger partial charge in [0.15, 0.2) is 17.3 Å². The maximum Gasteiger partial charge on any atom is 0.174 e. The van der Waals surface area contributed by atoms with Gasteiger partial charge in [-0.2, -0.15) is 0 Å². The van der Waals surface area contributed by atoms with Crippen LogP contribution in [-0.2, 0) is 11.1 Å². The maximum atomic E-state index is 12.5. The molecule has 0 bridgehead atoms. The minimum absolute atomic E-state index is 0.00183. The van der Waals surface area contributed by atoms with Crippen LogP contribution in [0.5, 0.6) is 28.7 Å². The van der Waals surface area contributed by atoms with Crippen LogP contribution >= 0.6 is 0 Å². The summed E-state index contributed by atoms with van der Waals surface area (Å²) in [6.45, 7) is 0.135. The third kappa shape index (κ3) is 4.37. The summed E-state index contributed by atoms with van der Waals surface area (Å²) in [5, 5.41) is 20.1. The largest absolute Gasteiger partial charge is 0.772 e. The van der Waals surface area contributed by atoms with E-state index in [1.807, 2.05) is 0 Å². The molecule has 0 saturated carbocycles. The molecule has 3 rings (SSSR count). The zero-order valence-corrected chi connectivity index (χ0v) is 15.9. The van der Waals surface area contributed by atoms with Crippen molar-refractivity contribution in [1.82, 2.24) is 0 Å². The number of ketones is 1. The number of fused-ring (bicyclic) bond motifs is 1. The summed E-state index contributed by atoms with van der Waals surface area (Å²) < 4.78 is 37.4. The van der Waals surface area contributed by atoms with Crippen LogP contribution in [0.4, 0.5) is 0 Å². The van der Waals surface area contributed by atoms with Crippen molar-refractivity contribution in [3.05, 3.63) is 41.5 Å². The Morgan fingerprint density at radius 1 is 1.25 bits per heavy atom. The second kappa shape index (κ2) is 8.49. The summed E-state index contributed by atoms with van der Waals surface area (Å²) in [6.07, 6.45) is -0.349. The molecule has 2 aromatic rings. The minimum atomic E-state index is -2.14. The van der Waals surface area contributed by atoms with E-state index < -0.39 is 17.2 Å².